The summed E-state index contributed by atoms with van der Waals surface area (Å²) in [7, 11) is 0. The van der Waals surface area contributed by atoms with Crippen LogP contribution in [0.4, 0.5) is 5.95 Å². The van der Waals surface area contributed by atoms with Crippen molar-refractivity contribution in [3.8, 4) is 0 Å². The number of aryl methyl sites for hydroxylation is 1. The van der Waals surface area contributed by atoms with E-state index in [4.69, 9.17) is 0 Å². The molecule has 1 N–H and O–H groups in total. The van der Waals surface area contributed by atoms with Crippen LogP contribution in [0.15, 0.2) is 30.5 Å². The molecule has 0 atom stereocenters. The van der Waals surface area contributed by atoms with Crippen LogP contribution in [0.3, 0.4) is 0 Å². The number of piperidine rings is 1. The summed E-state index contributed by atoms with van der Waals surface area (Å²) in [5.41, 5.74) is 2.15. The van der Waals surface area contributed by atoms with Crippen LogP contribution in [-0.4, -0.2) is 38.8 Å². The Balaban J connectivity index is 1.72. The number of pyridine rings is 1. The van der Waals surface area contributed by atoms with Gasteiger partial charge in [-0.1, -0.05) is 6.07 Å². The fourth-order valence-electron chi connectivity index (χ4n) is 2.69. The molecule has 2 aromatic heterocycles. The maximum absolute atomic E-state index is 12.6. The normalized spacial score (nSPS) is 14.6. The molecule has 0 saturated carbocycles. The van der Waals surface area contributed by atoms with Gasteiger partial charge in [0.05, 0.1) is 12.2 Å². The van der Waals surface area contributed by atoms with E-state index in [0.29, 0.717) is 18.2 Å². The van der Waals surface area contributed by atoms with Crippen molar-refractivity contribution in [2.75, 3.05) is 18.4 Å². The van der Waals surface area contributed by atoms with Gasteiger partial charge in [-0.3, -0.25) is 9.78 Å². The number of rotatable bonds is 4. The highest BCUT2D eigenvalue weighted by atomic mass is 16.2. The molecule has 0 bridgehead atoms. The summed E-state index contributed by atoms with van der Waals surface area (Å²) in [6.45, 7) is 4.04. The molecule has 23 heavy (non-hydrogen) atoms. The third kappa shape index (κ3) is 4.03. The number of carbonyl (C=O) groups is 1. The molecule has 0 spiro atoms. The predicted octanol–water partition coefficient (Wildman–Crippen LogP) is 2.42. The first kappa shape index (κ1) is 15.4. The van der Waals surface area contributed by atoms with Gasteiger partial charge in [-0.15, -0.1) is 0 Å². The fraction of sp³-hybridized carbons (Fsp3) is 0.412. The van der Waals surface area contributed by atoms with E-state index in [-0.39, 0.29) is 5.91 Å². The van der Waals surface area contributed by atoms with Gasteiger partial charge in [0.1, 0.15) is 5.69 Å². The topological polar surface area (TPSA) is 71.0 Å². The maximum atomic E-state index is 12.6. The standard InChI is InChI=1S/C17H21N5O/c1-13-11-15(16(23)22-9-5-2-6-10-22)21-17(20-13)19-12-14-7-3-4-8-18-14/h3-4,7-8,11H,2,5-6,9-10,12H2,1H3,(H,19,20,21). The molecule has 1 fully saturated rings. The Morgan fingerprint density at radius 1 is 1.22 bits per heavy atom. The number of amides is 1. The van der Waals surface area contributed by atoms with Crippen molar-refractivity contribution in [2.24, 2.45) is 0 Å². The van der Waals surface area contributed by atoms with E-state index in [0.717, 1.165) is 37.3 Å². The third-order valence-corrected chi connectivity index (χ3v) is 3.87. The summed E-state index contributed by atoms with van der Waals surface area (Å²) in [5, 5.41) is 3.14. The average Bonchev–Trinajstić information content (AvgIpc) is 2.60. The number of anilines is 1. The van der Waals surface area contributed by atoms with Crippen LogP contribution in [0.5, 0.6) is 0 Å². The van der Waals surface area contributed by atoms with Crippen LogP contribution in [0.1, 0.15) is 41.1 Å². The minimum atomic E-state index is -0.00362. The first-order valence-corrected chi connectivity index (χ1v) is 8.01. The van der Waals surface area contributed by atoms with Gasteiger partial charge in [0.15, 0.2) is 0 Å². The Hall–Kier alpha value is -2.50. The minimum Gasteiger partial charge on any atom is -0.349 e. The lowest BCUT2D eigenvalue weighted by Gasteiger charge is -2.26. The Morgan fingerprint density at radius 2 is 2.04 bits per heavy atom. The van der Waals surface area contributed by atoms with Crippen LogP contribution < -0.4 is 5.32 Å². The van der Waals surface area contributed by atoms with Gasteiger partial charge in [-0.05, 0) is 44.4 Å². The van der Waals surface area contributed by atoms with Gasteiger partial charge in [-0.25, -0.2) is 9.97 Å². The van der Waals surface area contributed by atoms with Gasteiger partial charge in [0.2, 0.25) is 5.95 Å². The summed E-state index contributed by atoms with van der Waals surface area (Å²) in [6, 6.07) is 7.50. The molecule has 2 aromatic rings. The summed E-state index contributed by atoms with van der Waals surface area (Å²) < 4.78 is 0. The maximum Gasteiger partial charge on any atom is 0.272 e. The van der Waals surface area contributed by atoms with Crippen molar-refractivity contribution < 1.29 is 4.79 Å². The van der Waals surface area contributed by atoms with E-state index < -0.39 is 0 Å². The van der Waals surface area contributed by atoms with E-state index in [9.17, 15) is 4.79 Å². The second-order valence-corrected chi connectivity index (χ2v) is 5.75. The Morgan fingerprint density at radius 3 is 2.78 bits per heavy atom. The zero-order valence-corrected chi connectivity index (χ0v) is 13.3. The predicted molar refractivity (Wildman–Crippen MR) is 88.1 cm³/mol. The van der Waals surface area contributed by atoms with E-state index >= 15 is 0 Å². The number of carbonyl (C=O) groups excluding carboxylic acids is 1. The average molecular weight is 311 g/mol. The quantitative estimate of drug-likeness (QED) is 0.939. The summed E-state index contributed by atoms with van der Waals surface area (Å²) in [6.07, 6.45) is 5.09. The molecule has 0 unspecified atom stereocenters. The molecule has 3 heterocycles. The highest BCUT2D eigenvalue weighted by Gasteiger charge is 2.20. The van der Waals surface area contributed by atoms with Crippen LogP contribution in [0.25, 0.3) is 0 Å². The summed E-state index contributed by atoms with van der Waals surface area (Å²) in [4.78, 5) is 27.4. The lowest BCUT2D eigenvalue weighted by atomic mass is 10.1. The van der Waals surface area contributed by atoms with Gasteiger partial charge in [-0.2, -0.15) is 0 Å². The van der Waals surface area contributed by atoms with E-state index in [2.05, 4.69) is 20.3 Å². The molecule has 1 saturated heterocycles. The molecule has 120 valence electrons. The van der Waals surface area contributed by atoms with Crippen molar-refractivity contribution in [2.45, 2.75) is 32.7 Å². The van der Waals surface area contributed by atoms with Crippen molar-refractivity contribution >= 4 is 11.9 Å². The summed E-state index contributed by atoms with van der Waals surface area (Å²) >= 11 is 0. The molecule has 0 radical (unpaired) electrons. The molecule has 3 rings (SSSR count). The first-order valence-electron chi connectivity index (χ1n) is 8.01. The monoisotopic (exact) mass is 311 g/mol. The number of hydrogen-bond donors (Lipinski definition) is 1. The Bertz CT molecular complexity index is 668. The second kappa shape index (κ2) is 7.17. The van der Waals surface area contributed by atoms with Gasteiger partial charge in [0.25, 0.3) is 5.91 Å². The van der Waals surface area contributed by atoms with Crippen LogP contribution in [-0.2, 0) is 6.54 Å². The number of nitrogens with one attached hydrogen (secondary N) is 1. The Labute approximate surface area is 136 Å². The van der Waals surface area contributed by atoms with Crippen LogP contribution in [0, 0.1) is 6.92 Å². The second-order valence-electron chi connectivity index (χ2n) is 5.75. The molecule has 6 nitrogen and oxygen atoms in total. The van der Waals surface area contributed by atoms with Crippen LogP contribution >= 0.6 is 0 Å². The minimum absolute atomic E-state index is 0.00362. The molecule has 1 aliphatic heterocycles. The molecule has 0 aliphatic carbocycles. The van der Waals surface area contributed by atoms with Crippen molar-refractivity contribution in [3.63, 3.8) is 0 Å². The molecular formula is C17H21N5O. The molecule has 1 aliphatic rings. The smallest absolute Gasteiger partial charge is 0.272 e. The largest absolute Gasteiger partial charge is 0.349 e. The van der Waals surface area contributed by atoms with Gasteiger partial charge < -0.3 is 10.2 Å². The van der Waals surface area contributed by atoms with Crippen molar-refractivity contribution in [1.82, 2.24) is 19.9 Å². The number of aromatic nitrogens is 3. The highest BCUT2D eigenvalue weighted by Crippen LogP contribution is 2.14. The number of likely N-dealkylation sites (tertiary alicyclic amines) is 1. The zero-order valence-electron chi connectivity index (χ0n) is 13.3. The first-order chi connectivity index (χ1) is 11.2. The lowest BCUT2D eigenvalue weighted by molar-refractivity contribution is 0.0718. The van der Waals surface area contributed by atoms with Gasteiger partial charge in [0, 0.05) is 25.0 Å². The number of hydrogen-bond acceptors (Lipinski definition) is 5. The van der Waals surface area contributed by atoms with Gasteiger partial charge >= 0.3 is 0 Å². The number of nitrogens with zero attached hydrogens (tertiary/aromatic N) is 4. The fourth-order valence-corrected chi connectivity index (χ4v) is 2.69. The van der Waals surface area contributed by atoms with Crippen molar-refractivity contribution in [3.05, 3.63) is 47.5 Å². The van der Waals surface area contributed by atoms with E-state index in [1.54, 1.807) is 12.3 Å². The Kier molecular flexibility index (Phi) is 4.80. The molecule has 0 aromatic carbocycles. The highest BCUT2D eigenvalue weighted by molar-refractivity contribution is 5.92. The van der Waals surface area contributed by atoms with Crippen LogP contribution in [0.2, 0.25) is 0 Å². The van der Waals surface area contributed by atoms with Crippen molar-refractivity contribution in [1.29, 1.82) is 0 Å². The molecular weight excluding hydrogens is 290 g/mol. The SMILES string of the molecule is Cc1cc(C(=O)N2CCCCC2)nc(NCc2ccccn2)n1. The zero-order chi connectivity index (χ0) is 16.1. The van der Waals surface area contributed by atoms with E-state index in [1.807, 2.05) is 30.0 Å². The summed E-state index contributed by atoms with van der Waals surface area (Å²) in [5.74, 6) is 0.465. The van der Waals surface area contributed by atoms with E-state index in [1.165, 1.54) is 6.42 Å². The third-order valence-electron chi connectivity index (χ3n) is 3.87. The lowest BCUT2D eigenvalue weighted by Crippen LogP contribution is -2.36. The molecule has 1 amide bonds. The molecule has 6 heteroatoms.